The van der Waals surface area contributed by atoms with Crippen molar-refractivity contribution in [3.05, 3.63) is 53.8 Å². The molecule has 1 heterocycles. The second-order valence-electron chi connectivity index (χ2n) is 4.24. The highest BCUT2D eigenvalue weighted by Crippen LogP contribution is 2.28. The van der Waals surface area contributed by atoms with Gasteiger partial charge in [-0.25, -0.2) is 4.79 Å². The largest absolute Gasteiger partial charge is 0.466 e. The highest BCUT2D eigenvalue weighted by Gasteiger charge is 2.17. The Morgan fingerprint density at radius 3 is 2.62 bits per heavy atom. The van der Waals surface area contributed by atoms with Crippen molar-refractivity contribution in [3.8, 4) is 11.3 Å². The predicted molar refractivity (Wildman–Crippen MR) is 78.6 cm³/mol. The van der Waals surface area contributed by atoms with Crippen LogP contribution >= 0.6 is 0 Å². The maximum absolute atomic E-state index is 11.9. The monoisotopic (exact) mass is 285 g/mol. The lowest BCUT2D eigenvalue weighted by atomic mass is 10.1. The fraction of sp³-hybridized carbons (Fsp3) is 0.125. The van der Waals surface area contributed by atoms with Crippen molar-refractivity contribution in [1.29, 1.82) is 0 Å². The zero-order valence-electron chi connectivity index (χ0n) is 11.5. The van der Waals surface area contributed by atoms with Crippen LogP contribution in [-0.2, 0) is 9.53 Å². The number of ether oxygens (including phenoxy) is 1. The van der Waals surface area contributed by atoms with E-state index in [-0.39, 0.29) is 12.3 Å². The summed E-state index contributed by atoms with van der Waals surface area (Å²) in [5, 5.41) is 0. The molecule has 1 aromatic heterocycles. The molecule has 0 amide bonds. The minimum Gasteiger partial charge on any atom is -0.466 e. The van der Waals surface area contributed by atoms with Gasteiger partial charge < -0.3 is 14.9 Å². The fourth-order valence-corrected chi connectivity index (χ4v) is 1.83. The van der Waals surface area contributed by atoms with Gasteiger partial charge in [0.25, 0.3) is 0 Å². The first-order chi connectivity index (χ1) is 10.2. The molecule has 0 saturated heterocycles. The molecule has 2 N–H and O–H groups in total. The number of benzene rings is 1. The lowest BCUT2D eigenvalue weighted by Gasteiger charge is -2.00. The van der Waals surface area contributed by atoms with E-state index in [1.807, 2.05) is 30.3 Å². The Morgan fingerprint density at radius 2 is 2.00 bits per heavy atom. The average Bonchev–Trinajstić information content (AvgIpc) is 2.97. The number of hydrogen-bond acceptors (Lipinski definition) is 5. The molecule has 0 atom stereocenters. The quantitative estimate of drug-likeness (QED) is 0.517. The number of carbonyl (C=O) groups is 2. The number of rotatable bonds is 5. The summed E-state index contributed by atoms with van der Waals surface area (Å²) in [4.78, 5) is 23.0. The van der Waals surface area contributed by atoms with Crippen LogP contribution in [-0.4, -0.2) is 25.4 Å². The summed E-state index contributed by atoms with van der Waals surface area (Å²) in [7, 11) is 1.29. The van der Waals surface area contributed by atoms with Crippen molar-refractivity contribution < 1.29 is 18.7 Å². The molecule has 21 heavy (non-hydrogen) atoms. The Hall–Kier alpha value is -2.66. The summed E-state index contributed by atoms with van der Waals surface area (Å²) >= 11 is 0. The zero-order valence-corrected chi connectivity index (χ0v) is 11.5. The molecule has 0 saturated carbocycles. The molecule has 0 spiro atoms. The lowest BCUT2D eigenvalue weighted by molar-refractivity contribution is -0.134. The molecule has 108 valence electrons. The van der Waals surface area contributed by atoms with E-state index < -0.39 is 5.97 Å². The van der Waals surface area contributed by atoms with Crippen LogP contribution in [0.3, 0.4) is 0 Å². The van der Waals surface area contributed by atoms with Gasteiger partial charge in [0.15, 0.2) is 5.78 Å². The topological polar surface area (TPSA) is 82.5 Å². The Balaban J connectivity index is 2.43. The van der Waals surface area contributed by atoms with E-state index in [2.05, 4.69) is 4.74 Å². The number of nitrogens with two attached hydrogens (primary N) is 1. The van der Waals surface area contributed by atoms with E-state index >= 15 is 0 Å². The number of Topliss-reactive ketones (excluding diaryl/α,β-unsaturated/α-hetero) is 1. The first kappa shape index (κ1) is 14.7. The third kappa shape index (κ3) is 3.46. The highest BCUT2D eigenvalue weighted by atomic mass is 16.5. The first-order valence-electron chi connectivity index (χ1n) is 6.34. The number of furan rings is 1. The molecule has 0 aliphatic rings. The highest BCUT2D eigenvalue weighted by molar-refractivity contribution is 6.03. The Morgan fingerprint density at radius 1 is 1.29 bits per heavy atom. The van der Waals surface area contributed by atoms with E-state index in [1.54, 1.807) is 6.07 Å². The van der Waals surface area contributed by atoms with Crippen LogP contribution in [0.15, 0.2) is 46.9 Å². The van der Waals surface area contributed by atoms with Crippen LogP contribution in [0.1, 0.15) is 16.1 Å². The van der Waals surface area contributed by atoms with Gasteiger partial charge in [-0.2, -0.15) is 0 Å². The molecular weight excluding hydrogens is 270 g/mol. The van der Waals surface area contributed by atoms with Gasteiger partial charge in [0.05, 0.1) is 19.2 Å². The smallest absolute Gasteiger partial charge is 0.330 e. The van der Waals surface area contributed by atoms with E-state index in [0.717, 1.165) is 5.56 Å². The molecule has 0 fully saturated rings. The van der Waals surface area contributed by atoms with Gasteiger partial charge in [-0.15, -0.1) is 0 Å². The fourth-order valence-electron chi connectivity index (χ4n) is 1.83. The lowest BCUT2D eigenvalue weighted by Crippen LogP contribution is -2.13. The van der Waals surface area contributed by atoms with Crippen molar-refractivity contribution in [1.82, 2.24) is 0 Å². The minimum absolute atomic E-state index is 0.112. The van der Waals surface area contributed by atoms with Gasteiger partial charge in [-0.05, 0) is 12.1 Å². The van der Waals surface area contributed by atoms with Gasteiger partial charge >= 0.3 is 5.97 Å². The van der Waals surface area contributed by atoms with Gasteiger partial charge in [-0.1, -0.05) is 30.3 Å². The van der Waals surface area contributed by atoms with Gasteiger partial charge in [-0.3, -0.25) is 4.79 Å². The van der Waals surface area contributed by atoms with Crippen LogP contribution in [0.25, 0.3) is 17.4 Å². The molecular formula is C16H15NO4. The first-order valence-corrected chi connectivity index (χ1v) is 6.34. The van der Waals surface area contributed by atoms with E-state index in [4.69, 9.17) is 10.2 Å². The summed E-state index contributed by atoms with van der Waals surface area (Å²) in [5.74, 6) is 0.0984. The summed E-state index contributed by atoms with van der Waals surface area (Å²) in [6, 6.07) is 10.8. The van der Waals surface area contributed by atoms with Crippen LogP contribution in [0, 0.1) is 0 Å². The normalized spacial score (nSPS) is 10.8. The van der Waals surface area contributed by atoms with Crippen LogP contribution in [0.2, 0.25) is 0 Å². The number of methoxy groups -OCH3 is 1. The van der Waals surface area contributed by atoms with Gasteiger partial charge in [0.1, 0.15) is 11.5 Å². The third-order valence-electron chi connectivity index (χ3n) is 2.86. The van der Waals surface area contributed by atoms with Crippen LogP contribution in [0.5, 0.6) is 0 Å². The zero-order chi connectivity index (χ0) is 15.2. The Labute approximate surface area is 122 Å². The van der Waals surface area contributed by atoms with Gasteiger partial charge in [0, 0.05) is 11.6 Å². The third-order valence-corrected chi connectivity index (χ3v) is 2.86. The van der Waals surface area contributed by atoms with Crippen molar-refractivity contribution in [2.75, 3.05) is 13.7 Å². The Bertz CT molecular complexity index is 671. The molecule has 5 nitrogen and oxygen atoms in total. The number of esters is 1. The number of carbonyl (C=O) groups excluding carboxylic acids is 2. The van der Waals surface area contributed by atoms with E-state index in [1.165, 1.54) is 19.3 Å². The predicted octanol–water partition coefficient (Wildman–Crippen LogP) is 2.27. The maximum atomic E-state index is 11.9. The standard InChI is InChI=1S/C16H15NO4/c1-20-15(19)8-7-12-9-13(14(18)10-17)16(21-12)11-5-3-2-4-6-11/h2-9H,10,17H2,1H3/b8-7+. The SMILES string of the molecule is COC(=O)/C=C/c1cc(C(=O)CN)c(-c2ccccc2)o1. The van der Waals surface area contributed by atoms with Crippen LogP contribution < -0.4 is 5.73 Å². The number of ketones is 1. The molecule has 0 bridgehead atoms. The molecule has 2 rings (SSSR count). The second kappa shape index (κ2) is 6.67. The summed E-state index contributed by atoms with van der Waals surface area (Å²) in [6.07, 6.45) is 2.68. The molecule has 2 aromatic rings. The van der Waals surface area contributed by atoms with Crippen molar-refractivity contribution in [2.45, 2.75) is 0 Å². The second-order valence-corrected chi connectivity index (χ2v) is 4.24. The molecule has 0 aliphatic heterocycles. The van der Waals surface area contributed by atoms with E-state index in [0.29, 0.717) is 17.1 Å². The summed E-state index contributed by atoms with van der Waals surface area (Å²) < 4.78 is 10.2. The van der Waals surface area contributed by atoms with Crippen LogP contribution in [0.4, 0.5) is 0 Å². The molecule has 5 heteroatoms. The summed E-state index contributed by atoms with van der Waals surface area (Å²) in [6.45, 7) is -0.112. The maximum Gasteiger partial charge on any atom is 0.330 e. The summed E-state index contributed by atoms with van der Waals surface area (Å²) in [5.41, 5.74) is 6.59. The Kier molecular flexibility index (Phi) is 4.68. The molecule has 1 aromatic carbocycles. The van der Waals surface area contributed by atoms with Gasteiger partial charge in [0.2, 0.25) is 0 Å². The minimum atomic E-state index is -0.501. The van der Waals surface area contributed by atoms with Crippen molar-refractivity contribution in [3.63, 3.8) is 0 Å². The number of hydrogen-bond donors (Lipinski definition) is 1. The van der Waals surface area contributed by atoms with Crippen molar-refractivity contribution >= 4 is 17.8 Å². The molecule has 0 aliphatic carbocycles. The average molecular weight is 285 g/mol. The molecule has 0 radical (unpaired) electrons. The van der Waals surface area contributed by atoms with E-state index in [9.17, 15) is 9.59 Å². The molecule has 0 unspecified atom stereocenters. The van der Waals surface area contributed by atoms with Crippen molar-refractivity contribution in [2.24, 2.45) is 5.73 Å².